The Bertz CT molecular complexity index is 540. The topological polar surface area (TPSA) is 53.7 Å². The lowest BCUT2D eigenvalue weighted by atomic mass is 10.0. The number of hydrogen-bond acceptors (Lipinski definition) is 5. The molecule has 19 heavy (non-hydrogen) atoms. The first kappa shape index (κ1) is 13.7. The second-order valence-electron chi connectivity index (χ2n) is 3.92. The predicted octanol–water partition coefficient (Wildman–Crippen LogP) is 2.82. The van der Waals surface area contributed by atoms with Crippen LogP contribution in [0.5, 0.6) is 17.2 Å². The molecule has 0 spiro atoms. The third-order valence-electron chi connectivity index (χ3n) is 2.92. The number of methoxy groups -OCH3 is 3. The lowest BCUT2D eigenvalue weighted by molar-refractivity contribution is 0.321. The lowest BCUT2D eigenvalue weighted by Gasteiger charge is -2.19. The zero-order chi connectivity index (χ0) is 13.8. The predicted molar refractivity (Wildman–Crippen MR) is 76.4 cm³/mol. The minimum absolute atomic E-state index is 0.241. The van der Waals surface area contributed by atoms with Crippen molar-refractivity contribution in [2.75, 3.05) is 21.3 Å². The highest BCUT2D eigenvalue weighted by Crippen LogP contribution is 2.43. The number of benzene rings is 1. The Kier molecular flexibility index (Phi) is 4.29. The van der Waals surface area contributed by atoms with Crippen molar-refractivity contribution in [3.63, 3.8) is 0 Å². The van der Waals surface area contributed by atoms with Gasteiger partial charge >= 0.3 is 0 Å². The normalized spacial score (nSPS) is 12.0. The van der Waals surface area contributed by atoms with Crippen molar-refractivity contribution in [3.05, 3.63) is 40.1 Å². The van der Waals surface area contributed by atoms with Crippen LogP contribution in [0.3, 0.4) is 0 Å². The molecule has 0 saturated carbocycles. The molecule has 1 aromatic carbocycles. The average Bonchev–Trinajstić information content (AvgIpc) is 2.98. The maximum atomic E-state index is 6.29. The summed E-state index contributed by atoms with van der Waals surface area (Å²) in [6, 6.07) is 7.49. The zero-order valence-electron chi connectivity index (χ0n) is 11.2. The summed E-state index contributed by atoms with van der Waals surface area (Å²) in [7, 11) is 4.78. The molecule has 102 valence electrons. The van der Waals surface area contributed by atoms with Gasteiger partial charge in [-0.25, -0.2) is 0 Å². The third kappa shape index (κ3) is 2.52. The largest absolute Gasteiger partial charge is 0.493 e. The van der Waals surface area contributed by atoms with Crippen molar-refractivity contribution < 1.29 is 14.2 Å². The van der Waals surface area contributed by atoms with Gasteiger partial charge in [0.05, 0.1) is 27.4 Å². The first-order valence-electron chi connectivity index (χ1n) is 5.80. The van der Waals surface area contributed by atoms with Gasteiger partial charge in [0.15, 0.2) is 11.5 Å². The highest BCUT2D eigenvalue weighted by molar-refractivity contribution is 7.10. The van der Waals surface area contributed by atoms with E-state index in [9.17, 15) is 0 Å². The highest BCUT2D eigenvalue weighted by atomic mass is 32.1. The Hall–Kier alpha value is -1.72. The van der Waals surface area contributed by atoms with E-state index in [0.29, 0.717) is 17.2 Å². The quantitative estimate of drug-likeness (QED) is 0.914. The number of ether oxygens (including phenoxy) is 3. The monoisotopic (exact) mass is 279 g/mol. The van der Waals surface area contributed by atoms with Gasteiger partial charge < -0.3 is 19.9 Å². The van der Waals surface area contributed by atoms with Crippen molar-refractivity contribution in [2.24, 2.45) is 5.73 Å². The molecule has 1 heterocycles. The van der Waals surface area contributed by atoms with Crippen LogP contribution in [0.4, 0.5) is 0 Å². The van der Waals surface area contributed by atoms with Crippen LogP contribution in [0.1, 0.15) is 16.5 Å². The van der Waals surface area contributed by atoms with Crippen molar-refractivity contribution in [3.8, 4) is 17.2 Å². The standard InChI is InChI=1S/C14H17NO3S/c1-16-10-7-6-9(13(17-2)14(10)18-3)12(15)11-5-4-8-19-11/h4-8,12H,15H2,1-3H3. The average molecular weight is 279 g/mol. The van der Waals surface area contributed by atoms with Crippen molar-refractivity contribution in [1.29, 1.82) is 0 Å². The second kappa shape index (κ2) is 5.95. The van der Waals surface area contributed by atoms with E-state index in [0.717, 1.165) is 10.4 Å². The molecule has 0 fully saturated rings. The van der Waals surface area contributed by atoms with Crippen LogP contribution in [0.2, 0.25) is 0 Å². The van der Waals surface area contributed by atoms with Gasteiger partial charge in [0.2, 0.25) is 5.75 Å². The summed E-state index contributed by atoms with van der Waals surface area (Å²) in [6.07, 6.45) is 0. The summed E-state index contributed by atoms with van der Waals surface area (Å²) in [4.78, 5) is 1.07. The Morgan fingerprint density at radius 1 is 1.00 bits per heavy atom. The summed E-state index contributed by atoms with van der Waals surface area (Å²) in [5, 5.41) is 2.00. The molecule has 0 aliphatic carbocycles. The Morgan fingerprint density at radius 2 is 1.74 bits per heavy atom. The number of hydrogen-bond donors (Lipinski definition) is 1. The van der Waals surface area contributed by atoms with Crippen LogP contribution >= 0.6 is 11.3 Å². The van der Waals surface area contributed by atoms with E-state index < -0.39 is 0 Å². The summed E-state index contributed by atoms with van der Waals surface area (Å²) >= 11 is 1.62. The molecule has 2 aromatic rings. The van der Waals surface area contributed by atoms with E-state index in [1.54, 1.807) is 32.7 Å². The molecule has 0 bridgehead atoms. The van der Waals surface area contributed by atoms with Gasteiger partial charge in [-0.15, -0.1) is 11.3 Å². The van der Waals surface area contributed by atoms with E-state index in [1.807, 2.05) is 29.6 Å². The van der Waals surface area contributed by atoms with Gasteiger partial charge in [-0.05, 0) is 23.6 Å². The molecule has 1 atom stereocenters. The lowest BCUT2D eigenvalue weighted by Crippen LogP contribution is -2.12. The summed E-state index contributed by atoms with van der Waals surface area (Å²) < 4.78 is 16.1. The number of thiophene rings is 1. The first-order valence-corrected chi connectivity index (χ1v) is 6.68. The van der Waals surface area contributed by atoms with Crippen LogP contribution in [0, 0.1) is 0 Å². The minimum atomic E-state index is -0.241. The van der Waals surface area contributed by atoms with Crippen molar-refractivity contribution in [1.82, 2.24) is 0 Å². The molecule has 0 aliphatic heterocycles. The molecular formula is C14H17NO3S. The van der Waals surface area contributed by atoms with E-state index in [4.69, 9.17) is 19.9 Å². The van der Waals surface area contributed by atoms with E-state index in [-0.39, 0.29) is 6.04 Å². The van der Waals surface area contributed by atoms with Gasteiger partial charge in [0.25, 0.3) is 0 Å². The summed E-state index contributed by atoms with van der Waals surface area (Å²) in [6.45, 7) is 0. The molecule has 1 aromatic heterocycles. The fraction of sp³-hybridized carbons (Fsp3) is 0.286. The van der Waals surface area contributed by atoms with Crippen LogP contribution in [-0.4, -0.2) is 21.3 Å². The van der Waals surface area contributed by atoms with Crippen LogP contribution in [0.15, 0.2) is 29.6 Å². The first-order chi connectivity index (χ1) is 9.22. The van der Waals surface area contributed by atoms with E-state index >= 15 is 0 Å². The number of rotatable bonds is 5. The smallest absolute Gasteiger partial charge is 0.203 e. The third-order valence-corrected chi connectivity index (χ3v) is 3.87. The summed E-state index contributed by atoms with van der Waals surface area (Å²) in [5.41, 5.74) is 7.16. The van der Waals surface area contributed by atoms with Crippen molar-refractivity contribution >= 4 is 11.3 Å². The van der Waals surface area contributed by atoms with Gasteiger partial charge in [-0.2, -0.15) is 0 Å². The minimum Gasteiger partial charge on any atom is -0.493 e. The molecular weight excluding hydrogens is 262 g/mol. The van der Waals surface area contributed by atoms with Gasteiger partial charge in [-0.3, -0.25) is 0 Å². The zero-order valence-corrected chi connectivity index (χ0v) is 12.0. The molecule has 0 aliphatic rings. The van der Waals surface area contributed by atoms with E-state index in [2.05, 4.69) is 0 Å². The van der Waals surface area contributed by atoms with E-state index in [1.165, 1.54) is 0 Å². The molecule has 2 rings (SSSR count). The molecule has 0 radical (unpaired) electrons. The fourth-order valence-electron chi connectivity index (χ4n) is 1.99. The Labute approximate surface area is 116 Å². The maximum Gasteiger partial charge on any atom is 0.203 e. The van der Waals surface area contributed by atoms with Crippen LogP contribution < -0.4 is 19.9 Å². The SMILES string of the molecule is COc1ccc(C(N)c2cccs2)c(OC)c1OC. The molecule has 5 heteroatoms. The Balaban J connectivity index is 2.51. The van der Waals surface area contributed by atoms with Crippen LogP contribution in [-0.2, 0) is 0 Å². The highest BCUT2D eigenvalue weighted by Gasteiger charge is 2.21. The van der Waals surface area contributed by atoms with Crippen LogP contribution in [0.25, 0.3) is 0 Å². The second-order valence-corrected chi connectivity index (χ2v) is 4.90. The van der Waals surface area contributed by atoms with Crippen molar-refractivity contribution in [2.45, 2.75) is 6.04 Å². The molecule has 0 amide bonds. The molecule has 0 saturated heterocycles. The molecule has 1 unspecified atom stereocenters. The number of nitrogens with two attached hydrogens (primary N) is 1. The fourth-order valence-corrected chi connectivity index (χ4v) is 2.74. The molecule has 2 N–H and O–H groups in total. The maximum absolute atomic E-state index is 6.29. The van der Waals surface area contributed by atoms with Gasteiger partial charge in [0.1, 0.15) is 0 Å². The molecule has 4 nitrogen and oxygen atoms in total. The summed E-state index contributed by atoms with van der Waals surface area (Å²) in [5.74, 6) is 1.80. The van der Waals surface area contributed by atoms with Gasteiger partial charge in [0, 0.05) is 10.4 Å². The Morgan fingerprint density at radius 3 is 2.26 bits per heavy atom. The van der Waals surface area contributed by atoms with Gasteiger partial charge in [-0.1, -0.05) is 6.07 Å².